The van der Waals surface area contributed by atoms with Gasteiger partial charge in [0, 0.05) is 12.0 Å². The van der Waals surface area contributed by atoms with Crippen LogP contribution in [0.4, 0.5) is 0 Å². The molecule has 3 aliphatic carbocycles. The standard InChI is InChI=1S/C26H36O3/c1-5-26(28)13-12-23-22-10-8-18-15-20(27)9-11-21(18)24(22)19(16-25(23,26)4)7-6-14-29-17(2)3/h1,9,11,15,17,19,22-24,27-28H,6-8,10,12-14,16H2,2-4H3/t19-,22?,23?,24?,25?,26-/m0/s1. The van der Waals surface area contributed by atoms with E-state index in [4.69, 9.17) is 11.2 Å². The van der Waals surface area contributed by atoms with Gasteiger partial charge < -0.3 is 14.9 Å². The number of terminal acetylenes is 1. The third-order valence-electron chi connectivity index (χ3n) is 8.39. The van der Waals surface area contributed by atoms with Gasteiger partial charge in [0.15, 0.2) is 0 Å². The first-order chi connectivity index (χ1) is 13.8. The van der Waals surface area contributed by atoms with Crippen LogP contribution in [0.2, 0.25) is 0 Å². The van der Waals surface area contributed by atoms with Gasteiger partial charge in [-0.25, -0.2) is 0 Å². The van der Waals surface area contributed by atoms with Crippen molar-refractivity contribution in [2.45, 2.75) is 83.3 Å². The van der Waals surface area contributed by atoms with E-state index in [9.17, 15) is 10.2 Å². The SMILES string of the molecule is C#C[C@]1(O)CCC2C3CCc4cc(O)ccc4C3[C@@H](CCCOC(C)C)CC21C. The number of ether oxygens (including phenoxy) is 1. The summed E-state index contributed by atoms with van der Waals surface area (Å²) in [5.41, 5.74) is 1.54. The van der Waals surface area contributed by atoms with Crippen LogP contribution in [-0.4, -0.2) is 28.5 Å². The Morgan fingerprint density at radius 3 is 2.83 bits per heavy atom. The van der Waals surface area contributed by atoms with Crippen LogP contribution < -0.4 is 0 Å². The zero-order valence-corrected chi connectivity index (χ0v) is 18.2. The number of aliphatic hydroxyl groups is 1. The molecule has 0 radical (unpaired) electrons. The molecule has 0 bridgehead atoms. The van der Waals surface area contributed by atoms with E-state index in [0.717, 1.165) is 51.6 Å². The second-order valence-electron chi connectivity index (χ2n) is 10.2. The molecule has 0 heterocycles. The third-order valence-corrected chi connectivity index (χ3v) is 8.39. The van der Waals surface area contributed by atoms with Crippen molar-refractivity contribution < 1.29 is 14.9 Å². The number of aryl methyl sites for hydroxylation is 1. The third kappa shape index (κ3) is 3.39. The highest BCUT2D eigenvalue weighted by Crippen LogP contribution is 2.66. The number of phenolic OH excluding ortho intramolecular Hbond substituents is 1. The number of hydrogen-bond acceptors (Lipinski definition) is 3. The van der Waals surface area contributed by atoms with Crippen molar-refractivity contribution in [3.63, 3.8) is 0 Å². The Morgan fingerprint density at radius 2 is 2.10 bits per heavy atom. The molecule has 3 aliphatic rings. The molecule has 0 saturated heterocycles. The van der Waals surface area contributed by atoms with Crippen LogP contribution in [0.15, 0.2) is 18.2 Å². The van der Waals surface area contributed by atoms with Gasteiger partial charge >= 0.3 is 0 Å². The maximum Gasteiger partial charge on any atom is 0.130 e. The molecule has 29 heavy (non-hydrogen) atoms. The van der Waals surface area contributed by atoms with Crippen LogP contribution in [0.5, 0.6) is 5.75 Å². The van der Waals surface area contributed by atoms with Crippen LogP contribution in [-0.2, 0) is 11.2 Å². The highest BCUT2D eigenvalue weighted by molar-refractivity contribution is 5.41. The molecule has 2 fully saturated rings. The lowest BCUT2D eigenvalue weighted by Gasteiger charge is -2.55. The number of benzene rings is 1. The summed E-state index contributed by atoms with van der Waals surface area (Å²) < 4.78 is 5.81. The highest BCUT2D eigenvalue weighted by atomic mass is 16.5. The van der Waals surface area contributed by atoms with E-state index in [1.54, 1.807) is 0 Å². The summed E-state index contributed by atoms with van der Waals surface area (Å²) in [7, 11) is 0. The van der Waals surface area contributed by atoms with Gasteiger partial charge in [-0.2, -0.15) is 0 Å². The molecular weight excluding hydrogens is 360 g/mol. The van der Waals surface area contributed by atoms with Crippen molar-refractivity contribution in [3.05, 3.63) is 29.3 Å². The van der Waals surface area contributed by atoms with Gasteiger partial charge in [0.25, 0.3) is 0 Å². The average Bonchev–Trinajstić information content (AvgIpc) is 2.95. The summed E-state index contributed by atoms with van der Waals surface area (Å²) in [6, 6.07) is 5.97. The largest absolute Gasteiger partial charge is 0.508 e. The van der Waals surface area contributed by atoms with Crippen molar-refractivity contribution in [1.82, 2.24) is 0 Å². The Labute approximate surface area is 175 Å². The van der Waals surface area contributed by atoms with E-state index in [2.05, 4.69) is 32.8 Å². The molecule has 0 spiro atoms. The molecule has 1 aromatic rings. The maximum atomic E-state index is 11.3. The summed E-state index contributed by atoms with van der Waals surface area (Å²) in [6.07, 6.45) is 13.1. The summed E-state index contributed by atoms with van der Waals surface area (Å²) >= 11 is 0. The fraction of sp³-hybridized carbons (Fsp3) is 0.692. The number of hydrogen-bond donors (Lipinski definition) is 2. The van der Waals surface area contributed by atoms with Gasteiger partial charge in [0.05, 0.1) is 6.10 Å². The normalized spacial score (nSPS) is 38.2. The van der Waals surface area contributed by atoms with E-state index < -0.39 is 5.60 Å². The smallest absolute Gasteiger partial charge is 0.130 e. The number of rotatable bonds is 5. The number of phenols is 1. The van der Waals surface area contributed by atoms with Crippen LogP contribution in [0.3, 0.4) is 0 Å². The van der Waals surface area contributed by atoms with Crippen molar-refractivity contribution in [3.8, 4) is 18.1 Å². The Bertz CT molecular complexity index is 794. The molecule has 4 unspecified atom stereocenters. The van der Waals surface area contributed by atoms with Gasteiger partial charge in [-0.15, -0.1) is 6.42 Å². The first-order valence-electron chi connectivity index (χ1n) is 11.4. The van der Waals surface area contributed by atoms with Crippen molar-refractivity contribution in [2.75, 3.05) is 6.61 Å². The lowest BCUT2D eigenvalue weighted by Crippen LogP contribution is -2.53. The van der Waals surface area contributed by atoms with E-state index in [1.807, 2.05) is 12.1 Å². The lowest BCUT2D eigenvalue weighted by molar-refractivity contribution is -0.0863. The summed E-state index contributed by atoms with van der Waals surface area (Å²) in [6.45, 7) is 7.20. The molecule has 2 saturated carbocycles. The van der Waals surface area contributed by atoms with Crippen LogP contribution in [0.1, 0.15) is 76.3 Å². The average molecular weight is 397 g/mol. The molecule has 0 amide bonds. The quantitative estimate of drug-likeness (QED) is 0.541. The van der Waals surface area contributed by atoms with Crippen molar-refractivity contribution in [2.24, 2.45) is 23.2 Å². The molecule has 158 valence electrons. The predicted molar refractivity (Wildman–Crippen MR) is 116 cm³/mol. The zero-order valence-electron chi connectivity index (χ0n) is 18.2. The first kappa shape index (κ1) is 20.8. The molecule has 2 N–H and O–H groups in total. The second-order valence-corrected chi connectivity index (χ2v) is 10.2. The Balaban J connectivity index is 1.67. The van der Waals surface area contributed by atoms with E-state index in [1.165, 1.54) is 11.1 Å². The van der Waals surface area contributed by atoms with Gasteiger partial charge in [-0.05, 0) is 106 Å². The highest BCUT2D eigenvalue weighted by Gasteiger charge is 2.63. The first-order valence-corrected chi connectivity index (χ1v) is 11.4. The molecule has 6 atom stereocenters. The topological polar surface area (TPSA) is 49.7 Å². The number of aromatic hydroxyl groups is 1. The minimum Gasteiger partial charge on any atom is -0.508 e. The van der Waals surface area contributed by atoms with Crippen LogP contribution >= 0.6 is 0 Å². The van der Waals surface area contributed by atoms with Gasteiger partial charge in [-0.1, -0.05) is 18.9 Å². The van der Waals surface area contributed by atoms with Crippen molar-refractivity contribution in [1.29, 1.82) is 0 Å². The molecule has 3 nitrogen and oxygen atoms in total. The minimum absolute atomic E-state index is 0.207. The number of fused-ring (bicyclic) bond motifs is 5. The Hall–Kier alpha value is -1.50. The lowest BCUT2D eigenvalue weighted by atomic mass is 9.49. The monoisotopic (exact) mass is 396 g/mol. The fourth-order valence-electron chi connectivity index (χ4n) is 7.06. The maximum absolute atomic E-state index is 11.3. The van der Waals surface area contributed by atoms with Gasteiger partial charge in [0.2, 0.25) is 0 Å². The van der Waals surface area contributed by atoms with Gasteiger partial charge in [-0.3, -0.25) is 0 Å². The van der Waals surface area contributed by atoms with E-state index in [-0.39, 0.29) is 11.5 Å². The predicted octanol–water partition coefficient (Wildman–Crippen LogP) is 5.04. The Kier molecular flexibility index (Phi) is 5.47. The molecular formula is C26H36O3. The molecule has 1 aromatic carbocycles. The summed E-state index contributed by atoms with van der Waals surface area (Å²) in [5.74, 6) is 5.18. The minimum atomic E-state index is -0.982. The second kappa shape index (κ2) is 7.64. The molecule has 3 heteroatoms. The van der Waals surface area contributed by atoms with Crippen LogP contribution in [0, 0.1) is 35.5 Å². The summed E-state index contributed by atoms with van der Waals surface area (Å²) in [4.78, 5) is 0. The van der Waals surface area contributed by atoms with E-state index in [0.29, 0.717) is 29.4 Å². The molecule has 0 aromatic heterocycles. The molecule has 0 aliphatic heterocycles. The van der Waals surface area contributed by atoms with Gasteiger partial charge in [0.1, 0.15) is 11.4 Å². The fourth-order valence-corrected chi connectivity index (χ4v) is 7.06. The van der Waals surface area contributed by atoms with Crippen LogP contribution in [0.25, 0.3) is 0 Å². The Morgan fingerprint density at radius 1 is 1.31 bits per heavy atom. The summed E-state index contributed by atoms with van der Waals surface area (Å²) in [5, 5.41) is 21.3. The van der Waals surface area contributed by atoms with E-state index >= 15 is 0 Å². The zero-order chi connectivity index (χ0) is 20.8. The molecule has 4 rings (SSSR count). The van der Waals surface area contributed by atoms with Crippen molar-refractivity contribution >= 4 is 0 Å².